The third-order valence-corrected chi connectivity index (χ3v) is 4.17. The number of carbonyl (C=O) groups excluding carboxylic acids is 1. The van der Waals surface area contributed by atoms with Crippen LogP contribution in [-0.4, -0.2) is 5.91 Å². The van der Waals surface area contributed by atoms with E-state index in [1.165, 1.54) is 11.3 Å². The number of hydrogen-bond acceptors (Lipinski definition) is 2. The van der Waals surface area contributed by atoms with Crippen molar-refractivity contribution in [3.8, 4) is 0 Å². The Morgan fingerprint density at radius 3 is 2.63 bits per heavy atom. The third-order valence-electron chi connectivity index (χ3n) is 2.81. The van der Waals surface area contributed by atoms with Crippen LogP contribution in [0.5, 0.6) is 0 Å². The molecular formula is C15H10BrNOS. The SMILES string of the molecule is O=C(Nc1ccc2cc(Br)ccc2c1)c1cccs1. The van der Waals surface area contributed by atoms with E-state index in [0.29, 0.717) is 0 Å². The normalized spacial score (nSPS) is 10.6. The van der Waals surface area contributed by atoms with Crippen LogP contribution in [0.3, 0.4) is 0 Å². The number of fused-ring (bicyclic) bond motifs is 1. The second-order valence-corrected chi connectivity index (χ2v) is 6.00. The fraction of sp³-hybridized carbons (Fsp3) is 0. The van der Waals surface area contributed by atoms with Crippen LogP contribution in [0, 0.1) is 0 Å². The molecule has 0 saturated heterocycles. The van der Waals surface area contributed by atoms with E-state index in [4.69, 9.17) is 0 Å². The van der Waals surface area contributed by atoms with Gasteiger partial charge in [-0.2, -0.15) is 0 Å². The molecule has 19 heavy (non-hydrogen) atoms. The van der Waals surface area contributed by atoms with Crippen molar-refractivity contribution in [2.75, 3.05) is 5.32 Å². The Morgan fingerprint density at radius 1 is 1.05 bits per heavy atom. The van der Waals surface area contributed by atoms with E-state index >= 15 is 0 Å². The number of rotatable bonds is 2. The highest BCUT2D eigenvalue weighted by molar-refractivity contribution is 9.10. The molecule has 0 fully saturated rings. The standard InChI is InChI=1S/C15H10BrNOS/c16-12-5-3-11-9-13(6-4-10(11)8-12)17-15(18)14-2-1-7-19-14/h1-9H,(H,17,18). The van der Waals surface area contributed by atoms with Crippen molar-refractivity contribution in [3.05, 3.63) is 63.3 Å². The number of benzene rings is 2. The van der Waals surface area contributed by atoms with Gasteiger partial charge in [-0.1, -0.05) is 34.1 Å². The molecule has 2 aromatic carbocycles. The first-order valence-electron chi connectivity index (χ1n) is 5.76. The lowest BCUT2D eigenvalue weighted by molar-refractivity contribution is 0.103. The van der Waals surface area contributed by atoms with Crippen LogP contribution in [0.4, 0.5) is 5.69 Å². The molecule has 0 atom stereocenters. The smallest absolute Gasteiger partial charge is 0.265 e. The minimum atomic E-state index is -0.0635. The van der Waals surface area contributed by atoms with E-state index < -0.39 is 0 Å². The van der Waals surface area contributed by atoms with Crippen molar-refractivity contribution in [2.24, 2.45) is 0 Å². The second kappa shape index (κ2) is 5.15. The van der Waals surface area contributed by atoms with E-state index in [-0.39, 0.29) is 5.91 Å². The number of anilines is 1. The summed E-state index contributed by atoms with van der Waals surface area (Å²) in [6.45, 7) is 0. The molecule has 0 spiro atoms. The van der Waals surface area contributed by atoms with Gasteiger partial charge in [0.2, 0.25) is 0 Å². The van der Waals surface area contributed by atoms with Gasteiger partial charge in [0.25, 0.3) is 5.91 Å². The quantitative estimate of drug-likeness (QED) is 0.709. The molecule has 1 aromatic heterocycles. The largest absolute Gasteiger partial charge is 0.321 e. The average molecular weight is 332 g/mol. The maximum atomic E-state index is 12.0. The lowest BCUT2D eigenvalue weighted by Gasteiger charge is -2.05. The van der Waals surface area contributed by atoms with Gasteiger partial charge in [0.15, 0.2) is 0 Å². The van der Waals surface area contributed by atoms with E-state index in [1.807, 2.05) is 47.8 Å². The Kier molecular flexibility index (Phi) is 3.36. The summed E-state index contributed by atoms with van der Waals surface area (Å²) in [5, 5.41) is 7.05. The molecule has 94 valence electrons. The van der Waals surface area contributed by atoms with Gasteiger partial charge in [-0.3, -0.25) is 4.79 Å². The van der Waals surface area contributed by atoms with Gasteiger partial charge in [0, 0.05) is 10.2 Å². The monoisotopic (exact) mass is 331 g/mol. The number of carbonyl (C=O) groups is 1. The minimum Gasteiger partial charge on any atom is -0.321 e. The van der Waals surface area contributed by atoms with Crippen molar-refractivity contribution in [1.29, 1.82) is 0 Å². The molecule has 3 aromatic rings. The van der Waals surface area contributed by atoms with Crippen molar-refractivity contribution < 1.29 is 4.79 Å². The zero-order valence-electron chi connectivity index (χ0n) is 9.89. The van der Waals surface area contributed by atoms with Crippen LogP contribution < -0.4 is 5.32 Å². The maximum Gasteiger partial charge on any atom is 0.265 e. The number of nitrogens with one attached hydrogen (secondary N) is 1. The summed E-state index contributed by atoms with van der Waals surface area (Å²) in [5.41, 5.74) is 0.813. The highest BCUT2D eigenvalue weighted by atomic mass is 79.9. The molecule has 0 bridgehead atoms. The molecule has 0 aliphatic carbocycles. The van der Waals surface area contributed by atoms with Crippen LogP contribution in [0.15, 0.2) is 58.4 Å². The zero-order chi connectivity index (χ0) is 13.2. The molecule has 3 rings (SSSR count). The summed E-state index contributed by atoms with van der Waals surface area (Å²) < 4.78 is 1.05. The fourth-order valence-electron chi connectivity index (χ4n) is 1.89. The Labute approximate surface area is 123 Å². The first kappa shape index (κ1) is 12.4. The molecular weight excluding hydrogens is 322 g/mol. The Bertz CT molecular complexity index is 737. The summed E-state index contributed by atoms with van der Waals surface area (Å²) >= 11 is 4.89. The topological polar surface area (TPSA) is 29.1 Å². The molecule has 0 saturated carbocycles. The van der Waals surface area contributed by atoms with E-state index in [9.17, 15) is 4.79 Å². The number of amides is 1. The van der Waals surface area contributed by atoms with Gasteiger partial charge < -0.3 is 5.32 Å². The van der Waals surface area contributed by atoms with Gasteiger partial charge in [0.1, 0.15) is 0 Å². The van der Waals surface area contributed by atoms with E-state index in [0.717, 1.165) is 25.8 Å². The van der Waals surface area contributed by atoms with Crippen LogP contribution >= 0.6 is 27.3 Å². The highest BCUT2D eigenvalue weighted by Crippen LogP contribution is 2.23. The first-order chi connectivity index (χ1) is 9.22. The Morgan fingerprint density at radius 2 is 1.84 bits per heavy atom. The van der Waals surface area contributed by atoms with Gasteiger partial charge in [0.05, 0.1) is 4.88 Å². The Hall–Kier alpha value is -1.65. The minimum absolute atomic E-state index is 0.0635. The summed E-state index contributed by atoms with van der Waals surface area (Å²) in [6.07, 6.45) is 0. The molecule has 0 radical (unpaired) electrons. The average Bonchev–Trinajstić information content (AvgIpc) is 2.93. The summed E-state index contributed by atoms with van der Waals surface area (Å²) in [7, 11) is 0. The number of halogens is 1. The van der Waals surface area contributed by atoms with Crippen LogP contribution in [0.25, 0.3) is 10.8 Å². The van der Waals surface area contributed by atoms with Crippen molar-refractivity contribution >= 4 is 49.6 Å². The molecule has 0 aliphatic heterocycles. The Balaban J connectivity index is 1.89. The van der Waals surface area contributed by atoms with Crippen molar-refractivity contribution in [1.82, 2.24) is 0 Å². The summed E-state index contributed by atoms with van der Waals surface area (Å²) in [6, 6.07) is 15.7. The van der Waals surface area contributed by atoms with Gasteiger partial charge in [-0.15, -0.1) is 11.3 Å². The second-order valence-electron chi connectivity index (χ2n) is 4.14. The summed E-state index contributed by atoms with van der Waals surface area (Å²) in [5.74, 6) is -0.0635. The first-order valence-corrected chi connectivity index (χ1v) is 7.44. The van der Waals surface area contributed by atoms with Gasteiger partial charge in [-0.05, 0) is 46.5 Å². The maximum absolute atomic E-state index is 12.0. The molecule has 4 heteroatoms. The van der Waals surface area contributed by atoms with Crippen molar-refractivity contribution in [2.45, 2.75) is 0 Å². The molecule has 0 unspecified atom stereocenters. The van der Waals surface area contributed by atoms with Gasteiger partial charge in [-0.25, -0.2) is 0 Å². The third kappa shape index (κ3) is 2.69. The number of thiophene rings is 1. The molecule has 1 N–H and O–H groups in total. The molecule has 0 aliphatic rings. The lowest BCUT2D eigenvalue weighted by atomic mass is 10.1. The van der Waals surface area contributed by atoms with Crippen LogP contribution in [0.1, 0.15) is 9.67 Å². The number of hydrogen-bond donors (Lipinski definition) is 1. The van der Waals surface area contributed by atoms with E-state index in [2.05, 4.69) is 27.3 Å². The molecule has 1 amide bonds. The zero-order valence-corrected chi connectivity index (χ0v) is 12.3. The lowest BCUT2D eigenvalue weighted by Crippen LogP contribution is -2.09. The summed E-state index contributed by atoms with van der Waals surface area (Å²) in [4.78, 5) is 12.7. The highest BCUT2D eigenvalue weighted by Gasteiger charge is 2.07. The van der Waals surface area contributed by atoms with Crippen molar-refractivity contribution in [3.63, 3.8) is 0 Å². The molecule has 1 heterocycles. The van der Waals surface area contributed by atoms with Gasteiger partial charge >= 0.3 is 0 Å². The van der Waals surface area contributed by atoms with Crippen LogP contribution in [0.2, 0.25) is 0 Å². The predicted molar refractivity (Wildman–Crippen MR) is 83.9 cm³/mol. The fourth-order valence-corrected chi connectivity index (χ4v) is 2.89. The van der Waals surface area contributed by atoms with Crippen LogP contribution in [-0.2, 0) is 0 Å². The molecule has 2 nitrogen and oxygen atoms in total. The van der Waals surface area contributed by atoms with E-state index in [1.54, 1.807) is 0 Å². The predicted octanol–water partition coefficient (Wildman–Crippen LogP) is 4.92.